The van der Waals surface area contributed by atoms with Crippen LogP contribution in [0, 0.1) is 5.82 Å². The Bertz CT molecular complexity index is 808. The number of nitrogens with one attached hydrogen (secondary N) is 3. The predicted molar refractivity (Wildman–Crippen MR) is 93.7 cm³/mol. The number of aliphatic imine (C=N–C) groups is 1. The second-order valence-corrected chi connectivity index (χ2v) is 5.51. The molecule has 0 spiro atoms. The number of guanidine groups is 1. The third-order valence-corrected chi connectivity index (χ3v) is 3.88. The molecule has 0 saturated carbocycles. The first-order chi connectivity index (χ1) is 11.8. The number of H-pyrrole nitrogens is 1. The molecule has 0 aliphatic carbocycles. The summed E-state index contributed by atoms with van der Waals surface area (Å²) in [5.74, 6) is 1.48. The largest absolute Gasteiger partial charge is 0.469 e. The number of furan rings is 1. The lowest BCUT2D eigenvalue weighted by Crippen LogP contribution is -2.39. The number of aromatic amines is 1. The second kappa shape index (κ2) is 7.68. The maximum absolute atomic E-state index is 13.2. The van der Waals surface area contributed by atoms with Crippen LogP contribution in [0.4, 0.5) is 4.39 Å². The van der Waals surface area contributed by atoms with Crippen molar-refractivity contribution in [1.29, 1.82) is 0 Å². The average Bonchev–Trinajstić information content (AvgIpc) is 3.23. The van der Waals surface area contributed by atoms with Crippen LogP contribution in [0.5, 0.6) is 0 Å². The van der Waals surface area contributed by atoms with Gasteiger partial charge in [0.25, 0.3) is 0 Å². The molecule has 1 aromatic carbocycles. The van der Waals surface area contributed by atoms with Crippen LogP contribution in [-0.4, -0.2) is 31.1 Å². The highest BCUT2D eigenvalue weighted by Crippen LogP contribution is 2.19. The fourth-order valence-electron chi connectivity index (χ4n) is 2.66. The normalized spacial score (nSPS) is 11.8. The molecule has 0 fully saturated rings. The van der Waals surface area contributed by atoms with Gasteiger partial charge in [-0.2, -0.15) is 0 Å². The number of hydrogen-bond acceptors (Lipinski definition) is 2. The molecule has 5 nitrogen and oxygen atoms in total. The highest BCUT2D eigenvalue weighted by atomic mass is 19.1. The molecule has 0 atom stereocenters. The zero-order valence-corrected chi connectivity index (χ0v) is 13.6. The van der Waals surface area contributed by atoms with Gasteiger partial charge in [-0.15, -0.1) is 0 Å². The van der Waals surface area contributed by atoms with Crippen LogP contribution >= 0.6 is 0 Å². The summed E-state index contributed by atoms with van der Waals surface area (Å²) in [4.78, 5) is 7.31. The van der Waals surface area contributed by atoms with Crippen LogP contribution in [0.3, 0.4) is 0 Å². The van der Waals surface area contributed by atoms with Crippen LogP contribution in [0.25, 0.3) is 10.9 Å². The van der Waals surface area contributed by atoms with E-state index in [0.717, 1.165) is 54.1 Å². The van der Waals surface area contributed by atoms with Crippen molar-refractivity contribution in [3.63, 3.8) is 0 Å². The SMILES string of the molecule is CN=C(NCCc1ccco1)NCCc1c[nH]c2cc(F)ccc12. The zero-order valence-electron chi connectivity index (χ0n) is 13.6. The van der Waals surface area contributed by atoms with Crippen LogP contribution in [-0.2, 0) is 12.8 Å². The molecule has 0 unspecified atom stereocenters. The lowest BCUT2D eigenvalue weighted by molar-refractivity contribution is 0.507. The Kier molecular flexibility index (Phi) is 5.15. The first-order valence-corrected chi connectivity index (χ1v) is 7.98. The summed E-state index contributed by atoms with van der Waals surface area (Å²) in [7, 11) is 1.75. The van der Waals surface area contributed by atoms with Gasteiger partial charge in [0.1, 0.15) is 11.6 Å². The van der Waals surface area contributed by atoms with Crippen molar-refractivity contribution in [1.82, 2.24) is 15.6 Å². The number of aromatic nitrogens is 1. The first kappa shape index (κ1) is 16.1. The summed E-state index contributed by atoms with van der Waals surface area (Å²) >= 11 is 0. The van der Waals surface area contributed by atoms with Crippen molar-refractivity contribution in [2.75, 3.05) is 20.1 Å². The molecular weight excluding hydrogens is 307 g/mol. The fourth-order valence-corrected chi connectivity index (χ4v) is 2.66. The van der Waals surface area contributed by atoms with E-state index in [2.05, 4.69) is 20.6 Å². The lowest BCUT2D eigenvalue weighted by atomic mass is 10.1. The van der Waals surface area contributed by atoms with Crippen molar-refractivity contribution in [2.45, 2.75) is 12.8 Å². The molecule has 3 aromatic rings. The van der Waals surface area contributed by atoms with Crippen LogP contribution in [0.1, 0.15) is 11.3 Å². The quantitative estimate of drug-likeness (QED) is 0.481. The number of rotatable bonds is 6. The highest BCUT2D eigenvalue weighted by Gasteiger charge is 2.05. The molecule has 24 heavy (non-hydrogen) atoms. The standard InChI is InChI=1S/C18H21FN4O/c1-20-18(22-9-7-15-3-2-10-24-15)21-8-6-13-12-23-17-11-14(19)4-5-16(13)17/h2-5,10-12,23H,6-9H2,1H3,(H2,20,21,22). The zero-order chi connectivity index (χ0) is 16.8. The monoisotopic (exact) mass is 328 g/mol. The summed E-state index contributed by atoms with van der Waals surface area (Å²) in [5, 5.41) is 7.59. The Morgan fingerprint density at radius 3 is 2.79 bits per heavy atom. The molecule has 2 heterocycles. The molecule has 0 amide bonds. The number of fused-ring (bicyclic) bond motifs is 1. The van der Waals surface area contributed by atoms with Gasteiger partial charge in [-0.1, -0.05) is 0 Å². The Hall–Kier alpha value is -2.76. The third-order valence-electron chi connectivity index (χ3n) is 3.88. The van der Waals surface area contributed by atoms with Gasteiger partial charge < -0.3 is 20.0 Å². The molecule has 0 saturated heterocycles. The van der Waals surface area contributed by atoms with E-state index in [0.29, 0.717) is 0 Å². The molecule has 0 aliphatic heterocycles. The van der Waals surface area contributed by atoms with E-state index in [9.17, 15) is 4.39 Å². The highest BCUT2D eigenvalue weighted by molar-refractivity contribution is 5.83. The Labute approximate surface area is 140 Å². The Morgan fingerprint density at radius 1 is 1.21 bits per heavy atom. The molecular formula is C18H21FN4O. The van der Waals surface area contributed by atoms with Gasteiger partial charge in [0, 0.05) is 43.7 Å². The molecule has 0 bridgehead atoms. The maximum Gasteiger partial charge on any atom is 0.191 e. The first-order valence-electron chi connectivity index (χ1n) is 7.98. The van der Waals surface area contributed by atoms with Gasteiger partial charge in [-0.05, 0) is 42.3 Å². The fraction of sp³-hybridized carbons (Fsp3) is 0.278. The minimum absolute atomic E-state index is 0.227. The predicted octanol–water partition coefficient (Wildman–Crippen LogP) is 2.85. The van der Waals surface area contributed by atoms with Crippen molar-refractivity contribution >= 4 is 16.9 Å². The van der Waals surface area contributed by atoms with Crippen molar-refractivity contribution < 1.29 is 8.81 Å². The Balaban J connectivity index is 1.47. The topological polar surface area (TPSA) is 65.3 Å². The van der Waals surface area contributed by atoms with E-state index in [-0.39, 0.29) is 5.82 Å². The van der Waals surface area contributed by atoms with Crippen molar-refractivity contribution in [2.24, 2.45) is 4.99 Å². The minimum Gasteiger partial charge on any atom is -0.469 e. The molecule has 0 radical (unpaired) electrons. The number of hydrogen-bond donors (Lipinski definition) is 3. The Morgan fingerprint density at radius 2 is 2.04 bits per heavy atom. The van der Waals surface area contributed by atoms with Crippen molar-refractivity contribution in [3.8, 4) is 0 Å². The summed E-state index contributed by atoms with van der Waals surface area (Å²) in [6, 6.07) is 8.66. The smallest absolute Gasteiger partial charge is 0.191 e. The van der Waals surface area contributed by atoms with Gasteiger partial charge in [-0.3, -0.25) is 4.99 Å². The number of nitrogens with zero attached hydrogens (tertiary/aromatic N) is 1. The summed E-state index contributed by atoms with van der Waals surface area (Å²) in [5.41, 5.74) is 1.98. The van der Waals surface area contributed by atoms with E-state index >= 15 is 0 Å². The van der Waals surface area contributed by atoms with E-state index in [4.69, 9.17) is 4.42 Å². The molecule has 3 N–H and O–H groups in total. The van der Waals surface area contributed by atoms with E-state index < -0.39 is 0 Å². The van der Waals surface area contributed by atoms with Gasteiger partial charge in [0.2, 0.25) is 0 Å². The molecule has 6 heteroatoms. The van der Waals surface area contributed by atoms with Gasteiger partial charge in [-0.25, -0.2) is 4.39 Å². The summed E-state index contributed by atoms with van der Waals surface area (Å²) in [6.07, 6.45) is 5.24. The number of halogens is 1. The number of benzene rings is 1. The molecule has 3 rings (SSSR count). The van der Waals surface area contributed by atoms with Crippen LogP contribution in [0.15, 0.2) is 52.2 Å². The van der Waals surface area contributed by atoms with Gasteiger partial charge in [0.05, 0.1) is 6.26 Å². The minimum atomic E-state index is -0.227. The van der Waals surface area contributed by atoms with Gasteiger partial charge >= 0.3 is 0 Å². The van der Waals surface area contributed by atoms with E-state index in [1.54, 1.807) is 13.3 Å². The van der Waals surface area contributed by atoms with Gasteiger partial charge in [0.15, 0.2) is 5.96 Å². The molecule has 0 aliphatic rings. The maximum atomic E-state index is 13.2. The lowest BCUT2D eigenvalue weighted by Gasteiger charge is -2.11. The third kappa shape index (κ3) is 3.95. The summed E-state index contributed by atoms with van der Waals surface area (Å²) in [6.45, 7) is 1.49. The summed E-state index contributed by atoms with van der Waals surface area (Å²) < 4.78 is 18.5. The van der Waals surface area contributed by atoms with E-state index in [1.165, 1.54) is 12.1 Å². The molecule has 2 aromatic heterocycles. The van der Waals surface area contributed by atoms with Crippen molar-refractivity contribution in [3.05, 3.63) is 59.9 Å². The van der Waals surface area contributed by atoms with E-state index in [1.807, 2.05) is 24.4 Å². The second-order valence-electron chi connectivity index (χ2n) is 5.51. The van der Waals surface area contributed by atoms with Crippen LogP contribution in [0.2, 0.25) is 0 Å². The average molecular weight is 328 g/mol. The van der Waals surface area contributed by atoms with Crippen LogP contribution < -0.4 is 10.6 Å². The molecule has 126 valence electrons.